The summed E-state index contributed by atoms with van der Waals surface area (Å²) < 4.78 is 0. The van der Waals surface area contributed by atoms with Crippen molar-refractivity contribution in [3.05, 3.63) is 47.3 Å². The van der Waals surface area contributed by atoms with E-state index >= 15 is 0 Å². The van der Waals surface area contributed by atoms with Gasteiger partial charge in [-0.2, -0.15) is 0 Å². The molecule has 1 aliphatic heterocycles. The molecule has 5 heteroatoms. The molecule has 0 amide bonds. The van der Waals surface area contributed by atoms with Crippen molar-refractivity contribution in [2.24, 2.45) is 0 Å². The van der Waals surface area contributed by atoms with Crippen LogP contribution in [0.5, 0.6) is 5.75 Å². The molecule has 1 aromatic carbocycles. The lowest BCUT2D eigenvalue weighted by Crippen LogP contribution is -2.28. The minimum absolute atomic E-state index is 0.255. The average Bonchev–Trinajstić information content (AvgIpc) is 2.61. The highest BCUT2D eigenvalue weighted by molar-refractivity contribution is 5.78. The molecule has 1 aliphatic rings. The van der Waals surface area contributed by atoms with E-state index < -0.39 is 0 Å². The van der Waals surface area contributed by atoms with Crippen LogP contribution in [-0.2, 0) is 0 Å². The number of rotatable bonds is 2. The summed E-state index contributed by atoms with van der Waals surface area (Å²) >= 11 is 0. The van der Waals surface area contributed by atoms with Crippen LogP contribution in [0, 0.1) is 13.8 Å². The van der Waals surface area contributed by atoms with E-state index in [2.05, 4.69) is 16.4 Å². The molecule has 1 saturated heterocycles. The molecule has 0 aliphatic carbocycles. The first kappa shape index (κ1) is 16.0. The summed E-state index contributed by atoms with van der Waals surface area (Å²) in [5, 5.41) is 13.8. The molecule has 0 saturated carbocycles. The Morgan fingerprint density at radius 1 is 1.16 bits per heavy atom. The Bertz CT molecular complexity index is 909. The van der Waals surface area contributed by atoms with E-state index in [0.29, 0.717) is 11.6 Å². The van der Waals surface area contributed by atoms with E-state index in [1.165, 1.54) is 0 Å². The number of aromatic nitrogens is 3. The molecule has 0 radical (unpaired) electrons. The van der Waals surface area contributed by atoms with E-state index in [9.17, 15) is 5.11 Å². The van der Waals surface area contributed by atoms with Crippen molar-refractivity contribution < 1.29 is 5.11 Å². The quantitative estimate of drug-likeness (QED) is 0.751. The summed E-state index contributed by atoms with van der Waals surface area (Å²) in [5.41, 5.74) is 5.95. The number of nitrogens with one attached hydrogen (secondary N) is 1. The van der Waals surface area contributed by atoms with Crippen LogP contribution >= 0.6 is 0 Å². The van der Waals surface area contributed by atoms with Crippen LogP contribution in [0.1, 0.15) is 35.6 Å². The molecule has 3 heterocycles. The molecular weight excluding hydrogens is 312 g/mol. The largest absolute Gasteiger partial charge is 0.507 e. The number of aryl methyl sites for hydroxylation is 2. The van der Waals surface area contributed by atoms with Crippen LogP contribution in [0.15, 0.2) is 30.5 Å². The predicted octanol–water partition coefficient (Wildman–Crippen LogP) is 3.48. The number of nitrogens with zero attached hydrogens (tertiary/aromatic N) is 3. The summed E-state index contributed by atoms with van der Waals surface area (Å²) in [5.74, 6) is 0.649. The molecule has 1 fully saturated rings. The van der Waals surface area contributed by atoms with Crippen molar-refractivity contribution in [2.75, 3.05) is 13.1 Å². The minimum Gasteiger partial charge on any atom is -0.507 e. The number of phenols is 1. The van der Waals surface area contributed by atoms with Gasteiger partial charge in [0.05, 0.1) is 11.4 Å². The summed E-state index contributed by atoms with van der Waals surface area (Å²) in [7, 11) is 0. The summed E-state index contributed by atoms with van der Waals surface area (Å²) in [6.45, 7) is 5.98. The molecule has 3 aromatic rings. The molecule has 128 valence electrons. The Morgan fingerprint density at radius 2 is 2.04 bits per heavy atom. The molecule has 0 bridgehead atoms. The zero-order chi connectivity index (χ0) is 17.4. The number of aromatic hydroxyl groups is 1. The Hall–Kier alpha value is -2.53. The van der Waals surface area contributed by atoms with Crippen LogP contribution in [0.2, 0.25) is 0 Å². The van der Waals surface area contributed by atoms with E-state index in [-0.39, 0.29) is 5.75 Å². The van der Waals surface area contributed by atoms with Crippen molar-refractivity contribution in [1.82, 2.24) is 20.3 Å². The van der Waals surface area contributed by atoms with Gasteiger partial charge in [-0.15, -0.1) is 0 Å². The predicted molar refractivity (Wildman–Crippen MR) is 98.8 cm³/mol. The zero-order valence-electron chi connectivity index (χ0n) is 14.6. The normalized spacial score (nSPS) is 17.8. The highest BCUT2D eigenvalue weighted by Crippen LogP contribution is 2.33. The van der Waals surface area contributed by atoms with Crippen molar-refractivity contribution in [1.29, 1.82) is 0 Å². The van der Waals surface area contributed by atoms with Crippen LogP contribution in [0.4, 0.5) is 0 Å². The minimum atomic E-state index is 0.255. The summed E-state index contributed by atoms with van der Waals surface area (Å²) in [6.07, 6.45) is 4.16. The highest BCUT2D eigenvalue weighted by atomic mass is 16.3. The molecule has 0 spiro atoms. The van der Waals surface area contributed by atoms with E-state index in [4.69, 9.17) is 9.97 Å². The lowest BCUT2D eigenvalue weighted by atomic mass is 9.96. The molecule has 25 heavy (non-hydrogen) atoms. The maximum atomic E-state index is 10.4. The van der Waals surface area contributed by atoms with Crippen LogP contribution < -0.4 is 5.32 Å². The molecule has 1 atom stereocenters. The lowest BCUT2D eigenvalue weighted by Gasteiger charge is -2.21. The van der Waals surface area contributed by atoms with Crippen molar-refractivity contribution >= 4 is 11.2 Å². The third-order valence-corrected chi connectivity index (χ3v) is 4.86. The van der Waals surface area contributed by atoms with Gasteiger partial charge in [0.2, 0.25) is 0 Å². The van der Waals surface area contributed by atoms with Crippen LogP contribution in [-0.4, -0.2) is 33.1 Å². The number of benzene rings is 1. The van der Waals surface area contributed by atoms with Gasteiger partial charge < -0.3 is 10.4 Å². The first-order valence-corrected chi connectivity index (χ1v) is 8.77. The molecule has 2 aromatic heterocycles. The molecule has 5 nitrogen and oxygen atoms in total. The van der Waals surface area contributed by atoms with Gasteiger partial charge in [-0.1, -0.05) is 6.07 Å². The first-order chi connectivity index (χ1) is 12.1. The average molecular weight is 334 g/mol. The van der Waals surface area contributed by atoms with Gasteiger partial charge in [0.1, 0.15) is 11.3 Å². The van der Waals surface area contributed by atoms with Crippen molar-refractivity contribution in [3.8, 4) is 17.0 Å². The van der Waals surface area contributed by atoms with Crippen LogP contribution in [0.3, 0.4) is 0 Å². The number of phenolic OH excluding ortho intramolecular Hbond substituents is 1. The van der Waals surface area contributed by atoms with Gasteiger partial charge in [-0.05, 0) is 62.6 Å². The number of piperidine rings is 1. The second kappa shape index (κ2) is 6.41. The zero-order valence-corrected chi connectivity index (χ0v) is 14.6. The second-order valence-corrected chi connectivity index (χ2v) is 6.85. The fourth-order valence-electron chi connectivity index (χ4n) is 3.63. The topological polar surface area (TPSA) is 70.9 Å². The number of pyridine rings is 1. The van der Waals surface area contributed by atoms with E-state index in [1.54, 1.807) is 6.07 Å². The van der Waals surface area contributed by atoms with Gasteiger partial charge in [0.25, 0.3) is 0 Å². The fraction of sp³-hybridized carbons (Fsp3) is 0.350. The highest BCUT2D eigenvalue weighted by Gasteiger charge is 2.18. The number of fused-ring (bicyclic) bond motifs is 1. The third-order valence-electron chi connectivity index (χ3n) is 4.86. The maximum absolute atomic E-state index is 10.4. The third kappa shape index (κ3) is 3.07. The maximum Gasteiger partial charge on any atom is 0.179 e. The fourth-order valence-corrected chi connectivity index (χ4v) is 3.63. The Kier molecular flexibility index (Phi) is 4.09. The van der Waals surface area contributed by atoms with Gasteiger partial charge in [-0.25, -0.2) is 9.97 Å². The van der Waals surface area contributed by atoms with Gasteiger partial charge in [-0.3, -0.25) is 4.98 Å². The molecule has 4 rings (SSSR count). The Morgan fingerprint density at radius 3 is 2.80 bits per heavy atom. The summed E-state index contributed by atoms with van der Waals surface area (Å²) in [4.78, 5) is 14.0. The Balaban J connectivity index is 1.79. The monoisotopic (exact) mass is 334 g/mol. The number of hydrogen-bond acceptors (Lipinski definition) is 5. The van der Waals surface area contributed by atoms with Crippen molar-refractivity contribution in [2.45, 2.75) is 32.6 Å². The number of hydrogen-bond donors (Lipinski definition) is 2. The van der Waals surface area contributed by atoms with E-state index in [1.807, 2.05) is 32.2 Å². The van der Waals surface area contributed by atoms with Gasteiger partial charge in [0.15, 0.2) is 5.65 Å². The standard InChI is InChI=1S/C20H22N4O/c1-12-8-13(2)19(18(25)9-12)15-5-6-16-20(23-15)24-17(11-22-16)14-4-3-7-21-10-14/h5-6,8-9,11,14,21,25H,3-4,7,10H2,1-2H3. The van der Waals surface area contributed by atoms with Crippen LogP contribution in [0.25, 0.3) is 22.4 Å². The molecular formula is C20H22N4O. The van der Waals surface area contributed by atoms with Gasteiger partial charge >= 0.3 is 0 Å². The summed E-state index contributed by atoms with van der Waals surface area (Å²) in [6, 6.07) is 7.64. The molecule has 1 unspecified atom stereocenters. The smallest absolute Gasteiger partial charge is 0.179 e. The first-order valence-electron chi connectivity index (χ1n) is 8.77. The second-order valence-electron chi connectivity index (χ2n) is 6.85. The van der Waals surface area contributed by atoms with Gasteiger partial charge in [0, 0.05) is 24.2 Å². The lowest BCUT2D eigenvalue weighted by molar-refractivity contribution is 0.454. The Labute approximate surface area is 147 Å². The van der Waals surface area contributed by atoms with Crippen molar-refractivity contribution in [3.63, 3.8) is 0 Å². The molecule has 2 N–H and O–H groups in total. The SMILES string of the molecule is Cc1cc(C)c(-c2ccc3ncc(C4CCCNC4)nc3n2)c(O)c1. The van der Waals surface area contributed by atoms with E-state index in [0.717, 1.165) is 59.5 Å².